The molecule has 24 heteroatoms. The Morgan fingerprint density at radius 1 is 0.414 bits per heavy atom. The highest BCUT2D eigenvalue weighted by Crippen LogP contribution is 2.42. The zero-order chi connectivity index (χ0) is 94.9. The van der Waals surface area contributed by atoms with Gasteiger partial charge in [-0.05, 0) is 328 Å². The van der Waals surface area contributed by atoms with Crippen molar-refractivity contribution in [3.8, 4) is 17.2 Å². The van der Waals surface area contributed by atoms with Crippen molar-refractivity contribution >= 4 is 67.1 Å². The zero-order valence-corrected chi connectivity index (χ0v) is 82.2. The lowest BCUT2D eigenvalue weighted by Crippen LogP contribution is -2.43. The SMILES string of the molecule is CC(C)(CCc1ccc(Cl)c(CO)c1)N1Cc2cccc(F)c2C1.CC(C)(CCc1ccc(O)c(CO)c1)N1Cc2ccc(N3CCNCC3)cc2C1.CC(C)(CCc1ccc(O)c(Cl)c1)N1Cc2ccc(S(C)(=O)=O)cc2C1.CC(C)(CCc1ccc(O)c(Cl)c1)N1Cc2cccc(F)c2C1.CC(C)(CCc1ccc2[nH]ncc2c1)N1Cc2cccc(C(=O)N3CCCCC3)c2C1. The number of aromatic amines is 1. The van der Waals surface area contributed by atoms with E-state index in [-0.39, 0.29) is 75.7 Å². The Kier molecular flexibility index (Phi) is 32.2. The van der Waals surface area contributed by atoms with Gasteiger partial charge in [-0.2, -0.15) is 5.10 Å². The quantitative estimate of drug-likeness (QED) is 0.0283. The van der Waals surface area contributed by atoms with Crippen molar-refractivity contribution in [1.82, 2.24) is 44.9 Å². The highest BCUT2D eigenvalue weighted by Gasteiger charge is 2.39. The first kappa shape index (κ1) is 99.7. The number of anilines is 1. The maximum atomic E-state index is 14.0. The predicted octanol–water partition coefficient (Wildman–Crippen LogP) is 21.7. The Bertz CT molecular complexity index is 6050. The fourth-order valence-corrected chi connectivity index (χ4v) is 20.6. The molecule has 10 aromatic carbocycles. The summed E-state index contributed by atoms with van der Waals surface area (Å²) in [5.74, 6) is 0.407. The van der Waals surface area contributed by atoms with E-state index in [0.29, 0.717) is 38.6 Å². The minimum Gasteiger partial charge on any atom is -0.508 e. The summed E-state index contributed by atoms with van der Waals surface area (Å²) in [5.41, 5.74) is 22.2. The van der Waals surface area contributed by atoms with Gasteiger partial charge < -0.3 is 40.6 Å². The van der Waals surface area contributed by atoms with Crippen LogP contribution in [-0.2, 0) is 121 Å². The van der Waals surface area contributed by atoms with Gasteiger partial charge >= 0.3 is 0 Å². The number of rotatable bonds is 25. The summed E-state index contributed by atoms with van der Waals surface area (Å²) in [4.78, 5) is 30.3. The second-order valence-electron chi connectivity index (χ2n) is 40.4. The first-order chi connectivity index (χ1) is 63.3. The number of piperidine rings is 1. The van der Waals surface area contributed by atoms with E-state index < -0.39 is 9.84 Å². The fraction of sp³-hybridized carbons (Fsp3) is 0.431. The number of H-pyrrole nitrogens is 1. The molecule has 2 saturated heterocycles. The summed E-state index contributed by atoms with van der Waals surface area (Å²) in [7, 11) is -3.18. The van der Waals surface area contributed by atoms with Crippen LogP contribution in [0.4, 0.5) is 14.5 Å². The molecule has 7 N–H and O–H groups in total. The topological polar surface area (TPSA) is 216 Å². The molecule has 0 atom stereocenters. The number of aliphatic hydroxyl groups excluding tert-OH is 2. The monoisotopic (exact) mass is 1880 g/mol. The van der Waals surface area contributed by atoms with Crippen LogP contribution < -0.4 is 10.2 Å². The minimum absolute atomic E-state index is 0.0372. The Morgan fingerprint density at radius 2 is 0.820 bits per heavy atom. The molecule has 1 aromatic heterocycles. The number of fused-ring (bicyclic) bond motifs is 6. The summed E-state index contributed by atoms with van der Waals surface area (Å²) in [5, 5.41) is 60.7. The van der Waals surface area contributed by atoms with Gasteiger partial charge in [-0.3, -0.25) is 34.4 Å². The standard InChI is InChI=1S/C26H32N4O.C24H33N3O2.C20H23ClFNO.C20H24ClNO3S.C19H21ClFNO/c1-26(2,12-11-19-9-10-24-21(15-19)16-27-28-24)30-17-20-7-6-8-22(23(20)18-30)25(31)29-13-4-3-5-14-29;1-24(2,8-7-18-3-6-23(29)21(13-18)17-28)27-15-19-4-5-22(14-20(19)16-27)26-11-9-25-10-12-26;1-20(2,9-8-14-6-7-18(21)16(10-14)13-24)23-11-15-4-3-5-19(22)17(15)12-23;1-20(2,9-8-14-4-7-19(23)18(21)10-14)22-12-15-5-6-17(26(3,24)25)11-16(15)13-22;1-19(2,9-8-13-6-7-18(23)16(20)10-13)22-11-14-4-3-5-17(21)15(14)12-22/h6-10,15-16H,3-5,11-14,17-18H2,1-2H3,(H,27,28);3-6,13-14,25,28-29H,7-12,15-17H2,1-2H3;3-7,10,24H,8-9,11-13H2,1-2H3;4-7,10-11,23H,8-9,12-13H2,1-3H3;3-7,10,23H,8-9,11-12H2,1-2H3. The van der Waals surface area contributed by atoms with Gasteiger partial charge in [-0.15, -0.1) is 0 Å². The van der Waals surface area contributed by atoms with Crippen LogP contribution in [0.1, 0.15) is 226 Å². The maximum Gasteiger partial charge on any atom is 0.254 e. The minimum atomic E-state index is -3.18. The molecule has 18 nitrogen and oxygen atoms in total. The molecule has 133 heavy (non-hydrogen) atoms. The lowest BCUT2D eigenvalue weighted by Gasteiger charge is -2.35. The van der Waals surface area contributed by atoms with E-state index in [9.17, 15) is 47.5 Å². The number of aryl methyl sites for hydroxylation is 5. The number of hydrogen-bond acceptors (Lipinski definition) is 16. The number of piperazine rings is 1. The van der Waals surface area contributed by atoms with Gasteiger partial charge in [0.05, 0.1) is 39.9 Å². The number of nitrogens with zero attached hydrogens (tertiary/aromatic N) is 8. The van der Waals surface area contributed by atoms with E-state index >= 15 is 0 Å². The van der Waals surface area contributed by atoms with E-state index in [0.717, 1.165) is 230 Å². The van der Waals surface area contributed by atoms with Crippen molar-refractivity contribution in [2.24, 2.45) is 0 Å². The molecule has 0 spiro atoms. The summed E-state index contributed by atoms with van der Waals surface area (Å²) < 4.78 is 51.4. The molecular weight excluding hydrogens is 1750 g/mol. The van der Waals surface area contributed by atoms with Crippen LogP contribution in [-0.4, -0.2) is 153 Å². The van der Waals surface area contributed by atoms with Crippen molar-refractivity contribution in [2.75, 3.05) is 50.4 Å². The number of carbonyl (C=O) groups excluding carboxylic acids is 1. The van der Waals surface area contributed by atoms with E-state index in [1.54, 1.807) is 48.5 Å². The van der Waals surface area contributed by atoms with Crippen molar-refractivity contribution < 1.29 is 47.5 Å². The number of aliphatic hydroxyl groups is 2. The number of aromatic hydroxyl groups is 3. The molecule has 2 fully saturated rings. The van der Waals surface area contributed by atoms with Crippen molar-refractivity contribution in [2.45, 2.75) is 264 Å². The molecule has 0 aliphatic carbocycles. The van der Waals surface area contributed by atoms with Crippen molar-refractivity contribution in [3.63, 3.8) is 0 Å². The zero-order valence-electron chi connectivity index (χ0n) is 79.2. The van der Waals surface area contributed by atoms with Gasteiger partial charge in [-0.1, -0.05) is 120 Å². The number of sulfone groups is 1. The third-order valence-corrected chi connectivity index (χ3v) is 31.0. The molecule has 11 aromatic rings. The van der Waals surface area contributed by atoms with Crippen LogP contribution in [0.5, 0.6) is 17.2 Å². The van der Waals surface area contributed by atoms with Crippen LogP contribution in [0.3, 0.4) is 0 Å². The molecule has 0 saturated carbocycles. The normalized spacial score (nSPS) is 16.1. The van der Waals surface area contributed by atoms with Crippen LogP contribution in [0.25, 0.3) is 10.9 Å². The van der Waals surface area contributed by atoms with Gasteiger partial charge in [0.25, 0.3) is 5.91 Å². The van der Waals surface area contributed by atoms with Gasteiger partial charge in [0.1, 0.15) is 28.9 Å². The Morgan fingerprint density at radius 3 is 1.30 bits per heavy atom. The highest BCUT2D eigenvalue weighted by atomic mass is 35.5. The Labute approximate surface area is 800 Å². The van der Waals surface area contributed by atoms with Gasteiger partial charge in [0.2, 0.25) is 0 Å². The van der Waals surface area contributed by atoms with Crippen molar-refractivity contribution in [1.29, 1.82) is 0 Å². The smallest absolute Gasteiger partial charge is 0.254 e. The molecule has 7 aliphatic rings. The number of nitrogens with one attached hydrogen (secondary N) is 2. The third-order valence-electron chi connectivity index (χ3n) is 29.0. The van der Waals surface area contributed by atoms with Gasteiger partial charge in [-0.25, -0.2) is 17.2 Å². The summed E-state index contributed by atoms with van der Waals surface area (Å²) >= 11 is 18.0. The summed E-state index contributed by atoms with van der Waals surface area (Å²) in [6, 6.07) is 58.0. The molecule has 708 valence electrons. The molecular formula is C109H133Cl3F2N10O8S. The van der Waals surface area contributed by atoms with Crippen LogP contribution in [0, 0.1) is 11.6 Å². The highest BCUT2D eigenvalue weighted by molar-refractivity contribution is 7.90. The largest absolute Gasteiger partial charge is 0.508 e. The lowest BCUT2D eigenvalue weighted by molar-refractivity contribution is 0.0719. The molecule has 1 amide bonds. The first-order valence-electron chi connectivity index (χ1n) is 47.0. The number of halogens is 5. The second-order valence-corrected chi connectivity index (χ2v) is 43.6. The Balaban J connectivity index is 0.000000134. The molecule has 0 radical (unpaired) electrons. The maximum absolute atomic E-state index is 14.0. The van der Waals surface area contributed by atoms with E-state index in [1.165, 1.54) is 68.8 Å². The number of carbonyl (C=O) groups is 1. The van der Waals surface area contributed by atoms with Crippen LogP contribution in [0.15, 0.2) is 193 Å². The van der Waals surface area contributed by atoms with Gasteiger partial charge in [0, 0.05) is 177 Å². The molecule has 18 rings (SSSR count). The second kappa shape index (κ2) is 42.9. The number of hydrogen-bond donors (Lipinski definition) is 7. The predicted molar refractivity (Wildman–Crippen MR) is 532 cm³/mol. The lowest BCUT2D eigenvalue weighted by atomic mass is 9.93. The summed E-state index contributed by atoms with van der Waals surface area (Å²) in [6.45, 7) is 36.7. The molecule has 8 heterocycles. The van der Waals surface area contributed by atoms with E-state index in [1.807, 2.05) is 85.1 Å². The number of aromatic nitrogens is 2. The van der Waals surface area contributed by atoms with Gasteiger partial charge in [0.15, 0.2) is 9.84 Å². The number of benzene rings is 10. The van der Waals surface area contributed by atoms with Crippen molar-refractivity contribution in [3.05, 3.63) is 315 Å². The number of likely N-dealkylation sites (tertiary alicyclic amines) is 1. The molecule has 0 bridgehead atoms. The third kappa shape index (κ3) is 24.9. The molecule has 7 aliphatic heterocycles. The summed E-state index contributed by atoms with van der Waals surface area (Å²) in [6.07, 6.45) is 16.1. The Hall–Kier alpha value is -9.30. The number of amides is 1. The first-order valence-corrected chi connectivity index (χ1v) is 50.1. The van der Waals surface area contributed by atoms with Crippen LogP contribution >= 0.6 is 34.8 Å². The number of phenolic OH excluding ortho intramolecular Hbond substituents is 2. The van der Waals surface area contributed by atoms with Crippen LogP contribution in [0.2, 0.25) is 15.1 Å². The van der Waals surface area contributed by atoms with E-state index in [2.05, 4.69) is 168 Å². The number of phenols is 3. The fourth-order valence-electron chi connectivity index (χ4n) is 19.3. The average Bonchev–Trinajstić information content (AvgIpc) is 1.69. The average molecular weight is 1890 g/mol. The van der Waals surface area contributed by atoms with E-state index in [4.69, 9.17) is 34.8 Å². The molecule has 0 unspecified atom stereocenters.